The average Bonchev–Trinajstić information content (AvgIpc) is 2.21. The van der Waals surface area contributed by atoms with Gasteiger partial charge in [0.2, 0.25) is 0 Å². The number of aliphatic hydroxyl groups excluding tert-OH is 1. The van der Waals surface area contributed by atoms with Crippen molar-refractivity contribution in [1.29, 1.82) is 0 Å². The van der Waals surface area contributed by atoms with E-state index in [0.717, 1.165) is 6.42 Å². The molecule has 0 bridgehead atoms. The Morgan fingerprint density at radius 3 is 1.93 bits per heavy atom. The minimum atomic E-state index is -1.17. The summed E-state index contributed by atoms with van der Waals surface area (Å²) in [5, 5.41) is 18.0. The molecule has 0 fully saturated rings. The fourth-order valence-corrected chi connectivity index (χ4v) is 3.02. The summed E-state index contributed by atoms with van der Waals surface area (Å²) < 4.78 is 1.59. The van der Waals surface area contributed by atoms with E-state index >= 15 is 0 Å². The number of aliphatic hydroxyl groups is 2. The summed E-state index contributed by atoms with van der Waals surface area (Å²) in [4.78, 5) is 0. The van der Waals surface area contributed by atoms with Crippen LogP contribution in [0.25, 0.3) is 0 Å². The predicted molar refractivity (Wildman–Crippen MR) is 90.4 cm³/mol. The van der Waals surface area contributed by atoms with Gasteiger partial charge in [0.1, 0.15) is 0 Å². The second-order valence-electron chi connectivity index (χ2n) is 3.62. The Kier molecular flexibility index (Phi) is 12.8. The van der Waals surface area contributed by atoms with Crippen LogP contribution in [-0.2, 0) is 0 Å². The molecule has 0 heterocycles. The highest BCUT2D eigenvalue weighted by Crippen LogP contribution is 2.23. The van der Waals surface area contributed by atoms with Crippen LogP contribution in [0.4, 0.5) is 0 Å². The van der Waals surface area contributed by atoms with E-state index in [1.165, 1.54) is 36.5 Å². The second kappa shape index (κ2) is 11.2. The van der Waals surface area contributed by atoms with Gasteiger partial charge in [-0.05, 0) is 17.3 Å². The molecule has 0 radical (unpaired) electrons. The van der Waals surface area contributed by atoms with Crippen LogP contribution in [0.3, 0.4) is 0 Å². The first-order valence-electron chi connectivity index (χ1n) is 5.30. The van der Waals surface area contributed by atoms with E-state index < -0.39 is 6.29 Å². The molecule has 2 nitrogen and oxygen atoms in total. The first-order chi connectivity index (χ1) is 7.09. The molecule has 0 aromatic heterocycles. The molecule has 15 heavy (non-hydrogen) atoms. The summed E-state index contributed by atoms with van der Waals surface area (Å²) in [7, 11) is 0. The van der Waals surface area contributed by atoms with Gasteiger partial charge in [0, 0.05) is 3.92 Å². The normalized spacial score (nSPS) is 15.6. The molecule has 0 rings (SSSR count). The molecule has 2 N–H and O–H groups in total. The van der Waals surface area contributed by atoms with Crippen LogP contribution in [0, 0.1) is 0 Å². The van der Waals surface area contributed by atoms with Gasteiger partial charge in [-0.3, -0.25) is 0 Å². The van der Waals surface area contributed by atoms with Crippen molar-refractivity contribution in [2.24, 2.45) is 0 Å². The lowest BCUT2D eigenvalue weighted by atomic mass is 10.1. The van der Waals surface area contributed by atoms with Gasteiger partial charge in [0.05, 0.1) is 3.92 Å². The number of hydrogen-bond acceptors (Lipinski definition) is 2. The largest absolute Gasteiger partial charge is 0.367 e. The monoisotopic (exact) mass is 552 g/mol. The molecule has 2 unspecified atom stereocenters. The Hall–Kier alpha value is 2.11. The summed E-state index contributed by atoms with van der Waals surface area (Å²) in [6.07, 6.45) is 6.40. The quantitative estimate of drug-likeness (QED) is 0.199. The molecule has 0 aliphatic heterocycles. The second-order valence-corrected chi connectivity index (χ2v) is 7.74. The fourth-order valence-electron chi connectivity index (χ4n) is 1.31. The standard InChI is InChI=1S/C10H19I3O2/c11-7-5-3-1-2-4-6-8(12)9(13)10(14)15/h8-10,14-15H,1-7H2. The van der Waals surface area contributed by atoms with E-state index in [-0.39, 0.29) is 3.92 Å². The lowest BCUT2D eigenvalue weighted by Gasteiger charge is -2.18. The van der Waals surface area contributed by atoms with Crippen molar-refractivity contribution in [3.8, 4) is 0 Å². The summed E-state index contributed by atoms with van der Waals surface area (Å²) in [5.41, 5.74) is 0. The van der Waals surface area contributed by atoms with E-state index in [1.807, 2.05) is 0 Å². The Balaban J connectivity index is 3.34. The van der Waals surface area contributed by atoms with Crippen LogP contribution in [0.5, 0.6) is 0 Å². The first kappa shape index (κ1) is 17.1. The van der Waals surface area contributed by atoms with Crippen molar-refractivity contribution in [1.82, 2.24) is 0 Å². The van der Waals surface area contributed by atoms with Crippen LogP contribution in [0.15, 0.2) is 0 Å². The number of hydrogen-bond donors (Lipinski definition) is 2. The molecule has 0 spiro atoms. The Labute approximate surface area is 133 Å². The minimum Gasteiger partial charge on any atom is -0.367 e. The molecule has 5 heteroatoms. The van der Waals surface area contributed by atoms with Gasteiger partial charge >= 0.3 is 0 Å². The van der Waals surface area contributed by atoms with E-state index in [0.29, 0.717) is 3.92 Å². The lowest BCUT2D eigenvalue weighted by molar-refractivity contribution is -0.0361. The summed E-state index contributed by atoms with van der Waals surface area (Å²) >= 11 is 6.86. The third-order valence-corrected chi connectivity index (χ3v) is 7.29. The zero-order chi connectivity index (χ0) is 11.7. The van der Waals surface area contributed by atoms with E-state index in [9.17, 15) is 0 Å². The van der Waals surface area contributed by atoms with Gasteiger partial charge in [-0.15, -0.1) is 0 Å². The van der Waals surface area contributed by atoms with Crippen molar-refractivity contribution in [3.05, 3.63) is 0 Å². The van der Waals surface area contributed by atoms with Crippen molar-refractivity contribution in [2.45, 2.75) is 52.7 Å². The molecule has 92 valence electrons. The number of halogens is 3. The number of alkyl halides is 3. The average molecular weight is 552 g/mol. The van der Waals surface area contributed by atoms with Crippen molar-refractivity contribution >= 4 is 67.8 Å². The zero-order valence-corrected chi connectivity index (χ0v) is 15.2. The summed E-state index contributed by atoms with van der Waals surface area (Å²) in [6, 6.07) is 0. The van der Waals surface area contributed by atoms with Crippen LogP contribution >= 0.6 is 67.8 Å². The third kappa shape index (κ3) is 9.78. The lowest BCUT2D eigenvalue weighted by Crippen LogP contribution is -2.28. The molecule has 0 aromatic rings. The van der Waals surface area contributed by atoms with Crippen molar-refractivity contribution < 1.29 is 10.2 Å². The molecule has 0 saturated carbocycles. The minimum absolute atomic E-state index is 0.0439. The van der Waals surface area contributed by atoms with Crippen LogP contribution in [0.2, 0.25) is 0 Å². The van der Waals surface area contributed by atoms with Crippen LogP contribution < -0.4 is 0 Å². The topological polar surface area (TPSA) is 40.5 Å². The van der Waals surface area contributed by atoms with Crippen molar-refractivity contribution in [2.75, 3.05) is 4.43 Å². The van der Waals surface area contributed by atoms with E-state index in [1.54, 1.807) is 0 Å². The smallest absolute Gasteiger partial charge is 0.164 e. The zero-order valence-electron chi connectivity index (χ0n) is 8.71. The Morgan fingerprint density at radius 2 is 1.40 bits per heavy atom. The molecule has 0 aliphatic carbocycles. The number of unbranched alkanes of at least 4 members (excludes halogenated alkanes) is 4. The third-order valence-electron chi connectivity index (χ3n) is 2.24. The Morgan fingerprint density at radius 1 is 0.867 bits per heavy atom. The SMILES string of the molecule is OC(O)C(I)C(I)CCCCCCCI. The molecule has 0 amide bonds. The molecular formula is C10H19I3O2. The molecule has 0 saturated heterocycles. The summed E-state index contributed by atoms with van der Waals surface area (Å²) in [5.74, 6) is 0. The highest BCUT2D eigenvalue weighted by molar-refractivity contribution is 14.1. The molecular weight excluding hydrogens is 533 g/mol. The molecule has 2 atom stereocenters. The van der Waals surface area contributed by atoms with Gasteiger partial charge in [-0.1, -0.05) is 93.5 Å². The van der Waals surface area contributed by atoms with Crippen LogP contribution in [-0.4, -0.2) is 28.8 Å². The van der Waals surface area contributed by atoms with Gasteiger partial charge < -0.3 is 10.2 Å². The van der Waals surface area contributed by atoms with Crippen molar-refractivity contribution in [3.63, 3.8) is 0 Å². The number of rotatable bonds is 9. The van der Waals surface area contributed by atoms with E-state index in [2.05, 4.69) is 67.8 Å². The van der Waals surface area contributed by atoms with Gasteiger partial charge in [-0.25, -0.2) is 0 Å². The maximum Gasteiger partial charge on any atom is 0.164 e. The Bertz CT molecular complexity index is 145. The summed E-state index contributed by atoms with van der Waals surface area (Å²) in [6.45, 7) is 0. The highest BCUT2D eigenvalue weighted by Gasteiger charge is 2.21. The molecule has 0 aliphatic rings. The first-order valence-corrected chi connectivity index (χ1v) is 9.31. The fraction of sp³-hybridized carbons (Fsp3) is 1.00. The molecule has 0 aromatic carbocycles. The van der Waals surface area contributed by atoms with E-state index in [4.69, 9.17) is 10.2 Å². The van der Waals surface area contributed by atoms with Gasteiger partial charge in [-0.2, -0.15) is 0 Å². The maximum absolute atomic E-state index is 9.01. The van der Waals surface area contributed by atoms with Gasteiger partial charge in [0.15, 0.2) is 6.29 Å². The maximum atomic E-state index is 9.01. The highest BCUT2D eigenvalue weighted by atomic mass is 127. The predicted octanol–water partition coefficient (Wildman–Crippen LogP) is 3.68. The van der Waals surface area contributed by atoms with Crippen LogP contribution in [0.1, 0.15) is 38.5 Å². The van der Waals surface area contributed by atoms with Gasteiger partial charge in [0.25, 0.3) is 0 Å².